The minimum Gasteiger partial charge on any atom is -0.392 e. The molecule has 2 rings (SSSR count). The molecule has 0 radical (unpaired) electrons. The van der Waals surface area contributed by atoms with Gasteiger partial charge in [-0.15, -0.1) is 0 Å². The summed E-state index contributed by atoms with van der Waals surface area (Å²) in [5, 5.41) is 13.9. The average Bonchev–Trinajstić information content (AvgIpc) is 2.65. The van der Waals surface area contributed by atoms with Crippen LogP contribution in [-0.4, -0.2) is 36.1 Å². The molecule has 1 N–H and O–H groups in total. The van der Waals surface area contributed by atoms with Crippen molar-refractivity contribution in [1.82, 2.24) is 0 Å². The van der Waals surface area contributed by atoms with Gasteiger partial charge in [-0.3, -0.25) is 4.57 Å². The standard InChI is InChI=1S/C23H44N3O4P/c1-15(2)20-9-7-17(5)11-22(20)29-31(28,14-19(27)13-25-26-24)30-23-12-18(6)8-10-21(23)16(3)4/h15-23,27H,7-14H2,1-6H3/t17-,18-,19-,20-,21-,22-,23-/m1/s1. The second-order valence-electron chi connectivity index (χ2n) is 10.8. The molecular weight excluding hydrogens is 413 g/mol. The van der Waals surface area contributed by atoms with E-state index in [-0.39, 0.29) is 24.9 Å². The summed E-state index contributed by atoms with van der Waals surface area (Å²) in [6.45, 7) is 13.1. The molecule has 0 aliphatic heterocycles. The van der Waals surface area contributed by atoms with Gasteiger partial charge in [0.25, 0.3) is 0 Å². The molecule has 0 saturated heterocycles. The van der Waals surface area contributed by atoms with Crippen molar-refractivity contribution in [3.63, 3.8) is 0 Å². The van der Waals surface area contributed by atoms with Crippen molar-refractivity contribution >= 4 is 7.60 Å². The van der Waals surface area contributed by atoms with E-state index in [0.29, 0.717) is 35.5 Å². The highest BCUT2D eigenvalue weighted by atomic mass is 31.2. The predicted octanol–water partition coefficient (Wildman–Crippen LogP) is 6.81. The van der Waals surface area contributed by atoms with Gasteiger partial charge in [0, 0.05) is 4.91 Å². The summed E-state index contributed by atoms with van der Waals surface area (Å²) >= 11 is 0. The van der Waals surface area contributed by atoms with Crippen molar-refractivity contribution in [2.45, 2.75) is 98.4 Å². The Hall–Kier alpha value is -0.580. The fourth-order valence-corrected chi connectivity index (χ4v) is 7.61. The predicted molar refractivity (Wildman–Crippen MR) is 125 cm³/mol. The largest absolute Gasteiger partial charge is 0.392 e. The Morgan fingerprint density at radius 1 is 0.968 bits per heavy atom. The Kier molecular flexibility index (Phi) is 10.4. The van der Waals surface area contributed by atoms with E-state index in [1.807, 2.05) is 0 Å². The summed E-state index contributed by atoms with van der Waals surface area (Å²) in [5.74, 6) is 2.54. The maximum absolute atomic E-state index is 14.1. The molecule has 31 heavy (non-hydrogen) atoms. The van der Waals surface area contributed by atoms with Crippen molar-refractivity contribution in [2.75, 3.05) is 12.7 Å². The zero-order valence-corrected chi connectivity index (χ0v) is 21.2. The fourth-order valence-electron chi connectivity index (χ4n) is 5.44. The molecule has 2 aliphatic rings. The molecule has 180 valence electrons. The van der Waals surface area contributed by atoms with Gasteiger partial charge in [0.1, 0.15) is 0 Å². The number of rotatable bonds is 10. The maximum atomic E-state index is 14.1. The molecule has 0 aromatic heterocycles. The zero-order chi connectivity index (χ0) is 23.2. The fraction of sp³-hybridized carbons (Fsp3) is 1.00. The molecule has 0 aromatic carbocycles. The lowest BCUT2D eigenvalue weighted by atomic mass is 9.75. The molecule has 0 spiro atoms. The lowest BCUT2D eigenvalue weighted by Crippen LogP contribution is -2.37. The minimum atomic E-state index is -3.59. The van der Waals surface area contributed by atoms with Gasteiger partial charge in [-0.05, 0) is 66.7 Å². The smallest absolute Gasteiger partial charge is 0.333 e. The van der Waals surface area contributed by atoms with E-state index in [4.69, 9.17) is 14.6 Å². The van der Waals surface area contributed by atoms with Crippen molar-refractivity contribution in [2.24, 2.45) is 40.6 Å². The first-order valence-corrected chi connectivity index (χ1v) is 13.9. The van der Waals surface area contributed by atoms with Gasteiger partial charge in [0.05, 0.1) is 31.0 Å². The number of nitrogens with zero attached hydrogens (tertiary/aromatic N) is 3. The topological polar surface area (TPSA) is 105 Å². The summed E-state index contributed by atoms with van der Waals surface area (Å²) in [5.41, 5.74) is 8.60. The van der Waals surface area contributed by atoms with E-state index >= 15 is 0 Å². The molecule has 0 aromatic rings. The first-order valence-electron chi connectivity index (χ1n) is 12.2. The molecule has 2 aliphatic carbocycles. The van der Waals surface area contributed by atoms with Crippen molar-refractivity contribution in [1.29, 1.82) is 0 Å². The lowest BCUT2D eigenvalue weighted by Gasteiger charge is -2.42. The van der Waals surface area contributed by atoms with Crippen LogP contribution in [0.4, 0.5) is 0 Å². The van der Waals surface area contributed by atoms with Crippen molar-refractivity contribution in [3.05, 3.63) is 10.4 Å². The van der Waals surface area contributed by atoms with Crippen LogP contribution < -0.4 is 0 Å². The zero-order valence-electron chi connectivity index (χ0n) is 20.3. The number of aliphatic hydroxyl groups is 1. The van der Waals surface area contributed by atoms with Crippen LogP contribution in [0.3, 0.4) is 0 Å². The third-order valence-electron chi connectivity index (χ3n) is 7.30. The van der Waals surface area contributed by atoms with E-state index in [1.165, 1.54) is 0 Å². The summed E-state index contributed by atoms with van der Waals surface area (Å²) in [4.78, 5) is 2.72. The average molecular weight is 458 g/mol. The third kappa shape index (κ3) is 8.05. The van der Waals surface area contributed by atoms with E-state index < -0.39 is 13.7 Å². The third-order valence-corrected chi connectivity index (χ3v) is 9.36. The molecule has 2 saturated carbocycles. The summed E-state index contributed by atoms with van der Waals surface area (Å²) in [6, 6.07) is 0. The van der Waals surface area contributed by atoms with Gasteiger partial charge in [-0.2, -0.15) is 0 Å². The molecule has 7 atom stereocenters. The molecule has 0 heterocycles. The second-order valence-corrected chi connectivity index (χ2v) is 12.8. The first kappa shape index (κ1) is 26.7. The monoisotopic (exact) mass is 457 g/mol. The Morgan fingerprint density at radius 2 is 1.42 bits per heavy atom. The van der Waals surface area contributed by atoms with Crippen LogP contribution >= 0.6 is 7.60 Å². The van der Waals surface area contributed by atoms with Crippen LogP contribution in [0.15, 0.2) is 5.11 Å². The highest BCUT2D eigenvalue weighted by molar-refractivity contribution is 7.53. The summed E-state index contributed by atoms with van der Waals surface area (Å²) in [6.07, 6.45) is 4.69. The van der Waals surface area contributed by atoms with Crippen molar-refractivity contribution in [3.8, 4) is 0 Å². The molecule has 0 unspecified atom stereocenters. The van der Waals surface area contributed by atoms with Crippen LogP contribution in [0.1, 0.15) is 80.1 Å². The number of hydrogen-bond donors (Lipinski definition) is 1. The second kappa shape index (κ2) is 12.0. The van der Waals surface area contributed by atoms with Crippen LogP contribution in [0.5, 0.6) is 0 Å². The number of azide groups is 1. The maximum Gasteiger partial charge on any atom is 0.333 e. The van der Waals surface area contributed by atoms with Gasteiger partial charge in [0.15, 0.2) is 0 Å². The molecule has 8 heteroatoms. The van der Waals surface area contributed by atoms with Gasteiger partial charge < -0.3 is 14.2 Å². The van der Waals surface area contributed by atoms with Crippen molar-refractivity contribution < 1.29 is 18.7 Å². The molecular formula is C23H44N3O4P. The normalized spacial score (nSPS) is 33.3. The Morgan fingerprint density at radius 3 is 1.81 bits per heavy atom. The summed E-state index contributed by atoms with van der Waals surface area (Å²) in [7, 11) is -3.59. The van der Waals surface area contributed by atoms with E-state index in [2.05, 4.69) is 51.6 Å². The van der Waals surface area contributed by atoms with Crippen LogP contribution in [0, 0.1) is 35.5 Å². The minimum absolute atomic E-state index is 0.128. The van der Waals surface area contributed by atoms with Gasteiger partial charge in [-0.25, -0.2) is 0 Å². The highest BCUT2D eigenvalue weighted by Crippen LogP contribution is 2.56. The SMILES string of the molecule is CC(C)[C@H]1CC[C@@H](C)C[C@H]1OP(=O)(C[C@H](O)CN=[N+]=[N-])O[C@@H]1C[C@H](C)CC[C@@H]1C(C)C. The van der Waals surface area contributed by atoms with Gasteiger partial charge in [-0.1, -0.05) is 59.5 Å². The Bertz CT molecular complexity index is 615. The number of aliphatic hydroxyl groups excluding tert-OH is 1. The van der Waals surface area contributed by atoms with Gasteiger partial charge in [0.2, 0.25) is 0 Å². The molecule has 0 bridgehead atoms. The Balaban J connectivity index is 2.26. The van der Waals surface area contributed by atoms with Gasteiger partial charge >= 0.3 is 7.60 Å². The molecule has 0 amide bonds. The summed E-state index contributed by atoms with van der Waals surface area (Å²) < 4.78 is 26.9. The van der Waals surface area contributed by atoms with Crippen LogP contribution in [0.25, 0.3) is 10.4 Å². The quantitative estimate of drug-likeness (QED) is 0.168. The number of hydrogen-bond acceptors (Lipinski definition) is 5. The van der Waals surface area contributed by atoms with Crippen LogP contribution in [0.2, 0.25) is 0 Å². The van der Waals surface area contributed by atoms with E-state index in [1.54, 1.807) is 0 Å². The first-order chi connectivity index (χ1) is 14.5. The van der Waals surface area contributed by atoms with Crippen LogP contribution in [-0.2, 0) is 13.6 Å². The van der Waals surface area contributed by atoms with E-state index in [9.17, 15) is 9.67 Å². The van der Waals surface area contributed by atoms with E-state index in [0.717, 1.165) is 38.5 Å². The lowest BCUT2D eigenvalue weighted by molar-refractivity contribution is -0.00558. The Labute approximate surface area is 188 Å². The molecule has 2 fully saturated rings. The highest BCUT2D eigenvalue weighted by Gasteiger charge is 2.42. The molecule has 7 nitrogen and oxygen atoms in total.